The predicted octanol–water partition coefficient (Wildman–Crippen LogP) is 3.26. The minimum atomic E-state index is 0.232. The average Bonchev–Trinajstić information content (AvgIpc) is 2.55. The number of aromatic nitrogens is 1. The van der Waals surface area contributed by atoms with E-state index in [4.69, 9.17) is 5.73 Å². The van der Waals surface area contributed by atoms with E-state index in [-0.39, 0.29) is 6.04 Å². The van der Waals surface area contributed by atoms with Gasteiger partial charge in [0.1, 0.15) is 0 Å². The fraction of sp³-hybridized carbons (Fsp3) is 0.467. The van der Waals surface area contributed by atoms with Crippen LogP contribution in [-0.4, -0.2) is 10.6 Å². The van der Waals surface area contributed by atoms with E-state index in [1.807, 2.05) is 0 Å². The standard InChI is InChI=1S/C15H20N2/c1-11(16)9-12-10-17(13-5-4-6-13)15-8-3-2-7-14(12)15/h2-3,7-8,10-11,13H,4-6,9,16H2,1H3. The lowest BCUT2D eigenvalue weighted by Gasteiger charge is -2.28. The number of hydrogen-bond acceptors (Lipinski definition) is 1. The maximum Gasteiger partial charge on any atom is 0.0485 e. The summed E-state index contributed by atoms with van der Waals surface area (Å²) in [5.74, 6) is 0. The van der Waals surface area contributed by atoms with Crippen LogP contribution in [0.4, 0.5) is 0 Å². The van der Waals surface area contributed by atoms with E-state index >= 15 is 0 Å². The fourth-order valence-electron chi connectivity index (χ4n) is 2.75. The van der Waals surface area contributed by atoms with Crippen molar-refractivity contribution < 1.29 is 0 Å². The molecule has 1 aliphatic carbocycles. The van der Waals surface area contributed by atoms with Crippen LogP contribution in [0.25, 0.3) is 10.9 Å². The Hall–Kier alpha value is -1.28. The topological polar surface area (TPSA) is 30.9 Å². The van der Waals surface area contributed by atoms with Crippen LogP contribution in [0.1, 0.15) is 37.8 Å². The van der Waals surface area contributed by atoms with Crippen molar-refractivity contribution in [2.24, 2.45) is 5.73 Å². The summed E-state index contributed by atoms with van der Waals surface area (Å²) in [5, 5.41) is 1.39. The Labute approximate surface area is 102 Å². The van der Waals surface area contributed by atoms with Crippen molar-refractivity contribution in [1.82, 2.24) is 4.57 Å². The molecule has 2 heteroatoms. The van der Waals surface area contributed by atoms with Gasteiger partial charge >= 0.3 is 0 Å². The van der Waals surface area contributed by atoms with Gasteiger partial charge in [0.25, 0.3) is 0 Å². The molecule has 0 saturated heterocycles. The van der Waals surface area contributed by atoms with Crippen molar-refractivity contribution >= 4 is 10.9 Å². The van der Waals surface area contributed by atoms with Crippen LogP contribution in [0, 0.1) is 0 Å². The highest BCUT2D eigenvalue weighted by atomic mass is 15.0. The minimum absolute atomic E-state index is 0.232. The number of nitrogens with zero attached hydrogens (tertiary/aromatic N) is 1. The molecule has 1 aromatic carbocycles. The summed E-state index contributed by atoms with van der Waals surface area (Å²) in [5.41, 5.74) is 8.73. The van der Waals surface area contributed by atoms with Crippen LogP contribution >= 0.6 is 0 Å². The number of fused-ring (bicyclic) bond motifs is 1. The lowest BCUT2D eigenvalue weighted by Crippen LogP contribution is -2.18. The highest BCUT2D eigenvalue weighted by Gasteiger charge is 2.21. The van der Waals surface area contributed by atoms with Crippen molar-refractivity contribution in [2.45, 2.75) is 44.7 Å². The van der Waals surface area contributed by atoms with Gasteiger partial charge in [0, 0.05) is 29.2 Å². The van der Waals surface area contributed by atoms with Crippen molar-refractivity contribution in [2.75, 3.05) is 0 Å². The third-order valence-electron chi connectivity index (χ3n) is 3.83. The maximum absolute atomic E-state index is 5.94. The number of nitrogens with two attached hydrogens (primary N) is 1. The molecule has 0 bridgehead atoms. The van der Waals surface area contributed by atoms with E-state index in [0.29, 0.717) is 0 Å². The molecule has 0 amide bonds. The zero-order chi connectivity index (χ0) is 11.8. The first-order valence-electron chi connectivity index (χ1n) is 6.60. The first-order chi connectivity index (χ1) is 8.25. The van der Waals surface area contributed by atoms with Gasteiger partial charge in [0.2, 0.25) is 0 Å². The monoisotopic (exact) mass is 228 g/mol. The smallest absolute Gasteiger partial charge is 0.0485 e. The van der Waals surface area contributed by atoms with Gasteiger partial charge in [0.05, 0.1) is 0 Å². The second-order valence-electron chi connectivity index (χ2n) is 5.34. The van der Waals surface area contributed by atoms with Crippen LogP contribution in [0.3, 0.4) is 0 Å². The Morgan fingerprint density at radius 1 is 1.35 bits per heavy atom. The molecule has 1 aromatic heterocycles. The van der Waals surface area contributed by atoms with Crippen molar-refractivity contribution in [3.8, 4) is 0 Å². The summed E-state index contributed by atoms with van der Waals surface area (Å²) >= 11 is 0. The summed E-state index contributed by atoms with van der Waals surface area (Å²) in [7, 11) is 0. The normalized spacial score (nSPS) is 18.2. The Balaban J connectivity index is 2.09. The zero-order valence-electron chi connectivity index (χ0n) is 10.4. The first-order valence-corrected chi connectivity index (χ1v) is 6.60. The van der Waals surface area contributed by atoms with Gasteiger partial charge in [-0.15, -0.1) is 0 Å². The Bertz CT molecular complexity index is 521. The molecule has 2 aromatic rings. The molecule has 3 rings (SSSR count). The van der Waals surface area contributed by atoms with Crippen molar-refractivity contribution in [3.63, 3.8) is 0 Å². The molecule has 0 radical (unpaired) electrons. The molecule has 1 fully saturated rings. The Kier molecular flexibility index (Phi) is 2.67. The first kappa shape index (κ1) is 10.8. The summed E-state index contributed by atoms with van der Waals surface area (Å²) in [6.07, 6.45) is 7.34. The molecule has 17 heavy (non-hydrogen) atoms. The molecule has 1 unspecified atom stereocenters. The van der Waals surface area contributed by atoms with Crippen LogP contribution < -0.4 is 5.73 Å². The van der Waals surface area contributed by atoms with Crippen molar-refractivity contribution in [1.29, 1.82) is 0 Å². The van der Waals surface area contributed by atoms with Crippen LogP contribution in [0.15, 0.2) is 30.5 Å². The summed E-state index contributed by atoms with van der Waals surface area (Å²) < 4.78 is 2.47. The van der Waals surface area contributed by atoms with E-state index < -0.39 is 0 Å². The van der Waals surface area contributed by atoms with E-state index in [2.05, 4.69) is 42.0 Å². The Morgan fingerprint density at radius 3 is 2.76 bits per heavy atom. The van der Waals surface area contributed by atoms with E-state index in [0.717, 1.165) is 12.5 Å². The second-order valence-corrected chi connectivity index (χ2v) is 5.34. The van der Waals surface area contributed by atoms with Gasteiger partial charge in [0.15, 0.2) is 0 Å². The molecule has 1 heterocycles. The molecule has 0 spiro atoms. The number of benzene rings is 1. The zero-order valence-corrected chi connectivity index (χ0v) is 10.4. The molecule has 1 saturated carbocycles. The van der Waals surface area contributed by atoms with Gasteiger partial charge in [-0.25, -0.2) is 0 Å². The number of hydrogen-bond donors (Lipinski definition) is 1. The lowest BCUT2D eigenvalue weighted by atomic mass is 9.93. The van der Waals surface area contributed by atoms with Crippen LogP contribution in [0.5, 0.6) is 0 Å². The van der Waals surface area contributed by atoms with Crippen molar-refractivity contribution in [3.05, 3.63) is 36.0 Å². The highest BCUT2D eigenvalue weighted by Crippen LogP contribution is 2.36. The summed E-state index contributed by atoms with van der Waals surface area (Å²) in [6, 6.07) is 9.67. The third-order valence-corrected chi connectivity index (χ3v) is 3.83. The highest BCUT2D eigenvalue weighted by molar-refractivity contribution is 5.84. The largest absolute Gasteiger partial charge is 0.344 e. The van der Waals surface area contributed by atoms with Gasteiger partial charge in [-0.3, -0.25) is 0 Å². The SMILES string of the molecule is CC(N)Cc1cn(C2CCC2)c2ccccc12. The van der Waals surface area contributed by atoms with E-state index in [1.54, 1.807) is 0 Å². The van der Waals surface area contributed by atoms with E-state index in [9.17, 15) is 0 Å². The van der Waals surface area contributed by atoms with Gasteiger partial charge in [-0.2, -0.15) is 0 Å². The average molecular weight is 228 g/mol. The number of para-hydroxylation sites is 1. The minimum Gasteiger partial charge on any atom is -0.344 e. The third kappa shape index (κ3) is 1.87. The number of rotatable bonds is 3. The lowest BCUT2D eigenvalue weighted by molar-refractivity contribution is 0.321. The Morgan fingerprint density at radius 2 is 2.12 bits per heavy atom. The van der Waals surface area contributed by atoms with Gasteiger partial charge < -0.3 is 10.3 Å². The van der Waals surface area contributed by atoms with Crippen LogP contribution in [0.2, 0.25) is 0 Å². The maximum atomic E-state index is 5.94. The van der Waals surface area contributed by atoms with Crippen LogP contribution in [-0.2, 0) is 6.42 Å². The molecule has 1 aliphatic rings. The van der Waals surface area contributed by atoms with Gasteiger partial charge in [-0.1, -0.05) is 18.2 Å². The second kappa shape index (κ2) is 4.19. The van der Waals surface area contributed by atoms with Gasteiger partial charge in [-0.05, 0) is 44.2 Å². The fourth-order valence-corrected chi connectivity index (χ4v) is 2.75. The summed E-state index contributed by atoms with van der Waals surface area (Å²) in [6.45, 7) is 2.08. The molecule has 2 nitrogen and oxygen atoms in total. The molecule has 0 aliphatic heterocycles. The molecule has 2 N–H and O–H groups in total. The molecular formula is C15H20N2. The molecular weight excluding hydrogens is 208 g/mol. The molecule has 1 atom stereocenters. The molecule has 90 valence electrons. The summed E-state index contributed by atoms with van der Waals surface area (Å²) in [4.78, 5) is 0. The predicted molar refractivity (Wildman–Crippen MR) is 72.2 cm³/mol. The van der Waals surface area contributed by atoms with E-state index in [1.165, 1.54) is 35.7 Å². The quantitative estimate of drug-likeness (QED) is 0.859.